The fourth-order valence-electron chi connectivity index (χ4n) is 2.67. The lowest BCUT2D eigenvalue weighted by atomic mass is 10.1. The number of aromatic nitrogens is 2. The first-order chi connectivity index (χ1) is 15.8. The average Bonchev–Trinajstić information content (AvgIpc) is 3.13. The summed E-state index contributed by atoms with van der Waals surface area (Å²) < 4.78 is 99.2. The molecule has 0 saturated carbocycles. The van der Waals surface area contributed by atoms with Crippen LogP contribution in [-0.2, 0) is 28.9 Å². The quantitative estimate of drug-likeness (QED) is 0.287. The predicted molar refractivity (Wildman–Crippen MR) is 106 cm³/mol. The second-order valence-corrected chi connectivity index (χ2v) is 7.06. The van der Waals surface area contributed by atoms with Gasteiger partial charge in [-0.05, 0) is 36.8 Å². The van der Waals surface area contributed by atoms with Crippen molar-refractivity contribution in [1.82, 2.24) is 15.2 Å². The van der Waals surface area contributed by atoms with E-state index in [9.17, 15) is 35.5 Å². The zero-order valence-electron chi connectivity index (χ0n) is 18.0. The second kappa shape index (κ2) is 11.3. The first-order valence-corrected chi connectivity index (χ1v) is 9.67. The number of nitrogens with one attached hydrogen (secondary N) is 1. The van der Waals surface area contributed by atoms with Crippen LogP contribution >= 0.6 is 0 Å². The van der Waals surface area contributed by atoms with Crippen LogP contribution in [0, 0.1) is 6.92 Å². The zero-order valence-corrected chi connectivity index (χ0v) is 18.0. The molecule has 0 unspecified atom stereocenters. The van der Waals surface area contributed by atoms with E-state index in [4.69, 9.17) is 4.74 Å². The Hall–Kier alpha value is -3.16. The molecule has 0 spiro atoms. The molecule has 1 heterocycles. The van der Waals surface area contributed by atoms with Crippen molar-refractivity contribution < 1.29 is 45.0 Å². The third kappa shape index (κ3) is 7.71. The number of alkyl halides is 7. The number of amides is 1. The Morgan fingerprint density at radius 3 is 2.53 bits per heavy atom. The molecule has 0 bridgehead atoms. The third-order valence-corrected chi connectivity index (χ3v) is 4.40. The zero-order chi connectivity index (χ0) is 25.5. The minimum absolute atomic E-state index is 0.101. The van der Waals surface area contributed by atoms with E-state index in [2.05, 4.69) is 20.4 Å². The highest BCUT2D eigenvalue weighted by atomic mass is 19.4. The van der Waals surface area contributed by atoms with E-state index in [-0.39, 0.29) is 30.0 Å². The van der Waals surface area contributed by atoms with Gasteiger partial charge in [0.15, 0.2) is 5.69 Å². The fourth-order valence-corrected chi connectivity index (χ4v) is 2.67. The average molecular weight is 498 g/mol. The number of halogens is 7. The molecule has 34 heavy (non-hydrogen) atoms. The molecule has 0 saturated heterocycles. The SMILES string of the molecule is COc1ccc(/C=N\NC(=O)CCn2nc(C(F)(F)F)cc2C)cc1COCC(F)(F)C(F)F. The van der Waals surface area contributed by atoms with Gasteiger partial charge < -0.3 is 9.47 Å². The van der Waals surface area contributed by atoms with Gasteiger partial charge in [-0.2, -0.15) is 32.2 Å². The van der Waals surface area contributed by atoms with Gasteiger partial charge >= 0.3 is 18.5 Å². The Morgan fingerprint density at radius 1 is 1.24 bits per heavy atom. The maximum absolute atomic E-state index is 13.0. The lowest BCUT2D eigenvalue weighted by Crippen LogP contribution is -2.32. The van der Waals surface area contributed by atoms with Crippen LogP contribution in [0.4, 0.5) is 30.7 Å². The summed E-state index contributed by atoms with van der Waals surface area (Å²) in [5.74, 6) is -4.63. The van der Waals surface area contributed by atoms with E-state index in [1.807, 2.05) is 0 Å². The van der Waals surface area contributed by atoms with Gasteiger partial charge in [0.25, 0.3) is 0 Å². The molecule has 0 atom stereocenters. The molecule has 188 valence electrons. The highest BCUT2D eigenvalue weighted by Gasteiger charge is 2.41. The molecule has 0 fully saturated rings. The van der Waals surface area contributed by atoms with Gasteiger partial charge in [0.1, 0.15) is 12.4 Å². The van der Waals surface area contributed by atoms with Crippen LogP contribution < -0.4 is 10.2 Å². The number of hydrogen-bond donors (Lipinski definition) is 1. The number of carbonyl (C=O) groups excluding carboxylic acids is 1. The normalized spacial score (nSPS) is 12.5. The Kier molecular flexibility index (Phi) is 9.01. The summed E-state index contributed by atoms with van der Waals surface area (Å²) >= 11 is 0. The van der Waals surface area contributed by atoms with E-state index >= 15 is 0 Å². The van der Waals surface area contributed by atoms with Crippen LogP contribution in [0.3, 0.4) is 0 Å². The highest BCUT2D eigenvalue weighted by molar-refractivity contribution is 5.82. The number of carbonyl (C=O) groups is 1. The van der Waals surface area contributed by atoms with Crippen LogP contribution in [0.15, 0.2) is 29.4 Å². The summed E-state index contributed by atoms with van der Waals surface area (Å²) in [5.41, 5.74) is 2.06. The van der Waals surface area contributed by atoms with Gasteiger partial charge in [-0.25, -0.2) is 14.2 Å². The van der Waals surface area contributed by atoms with Crippen LogP contribution in [0.5, 0.6) is 5.75 Å². The molecule has 2 rings (SSSR count). The van der Waals surface area contributed by atoms with E-state index in [1.165, 1.54) is 38.4 Å². The minimum Gasteiger partial charge on any atom is -0.496 e. The summed E-state index contributed by atoms with van der Waals surface area (Å²) in [7, 11) is 1.32. The molecule has 1 aromatic heterocycles. The molecule has 14 heteroatoms. The van der Waals surface area contributed by atoms with Crippen molar-refractivity contribution in [2.24, 2.45) is 5.10 Å². The number of benzene rings is 1. The van der Waals surface area contributed by atoms with Crippen molar-refractivity contribution in [2.45, 2.75) is 45.0 Å². The summed E-state index contributed by atoms with van der Waals surface area (Å²) in [6.07, 6.45) is -7.43. The Morgan fingerprint density at radius 2 is 1.94 bits per heavy atom. The topological polar surface area (TPSA) is 77.7 Å². The summed E-state index contributed by atoms with van der Waals surface area (Å²) in [4.78, 5) is 11.9. The largest absolute Gasteiger partial charge is 0.496 e. The molecule has 1 amide bonds. The molecular formula is C20H21F7N4O3. The minimum atomic E-state index is -4.59. The van der Waals surface area contributed by atoms with Gasteiger partial charge in [0.05, 0.1) is 26.5 Å². The Bertz CT molecular complexity index is 1010. The van der Waals surface area contributed by atoms with Gasteiger partial charge in [-0.3, -0.25) is 9.48 Å². The fraction of sp³-hybridized carbons (Fsp3) is 0.450. The van der Waals surface area contributed by atoms with E-state index in [0.29, 0.717) is 5.56 Å². The molecule has 7 nitrogen and oxygen atoms in total. The number of hydrazone groups is 1. The summed E-state index contributed by atoms with van der Waals surface area (Å²) in [6.45, 7) is -0.598. The Labute approximate surface area is 189 Å². The van der Waals surface area contributed by atoms with Gasteiger partial charge in [0.2, 0.25) is 5.91 Å². The number of hydrogen-bond acceptors (Lipinski definition) is 5. The van der Waals surface area contributed by atoms with E-state index in [1.54, 1.807) is 0 Å². The Balaban J connectivity index is 1.92. The maximum Gasteiger partial charge on any atom is 0.435 e. The molecule has 1 N–H and O–H groups in total. The molecule has 0 aliphatic carbocycles. The number of aryl methyl sites for hydroxylation is 2. The lowest BCUT2D eigenvalue weighted by Gasteiger charge is -2.16. The van der Waals surface area contributed by atoms with Crippen LogP contribution in [0.2, 0.25) is 0 Å². The number of ether oxygens (including phenoxy) is 2. The van der Waals surface area contributed by atoms with Gasteiger partial charge in [0, 0.05) is 17.7 Å². The molecular weight excluding hydrogens is 477 g/mol. The first-order valence-electron chi connectivity index (χ1n) is 9.67. The summed E-state index contributed by atoms with van der Waals surface area (Å²) in [5, 5.41) is 7.14. The summed E-state index contributed by atoms with van der Waals surface area (Å²) in [6, 6.07) is 5.29. The van der Waals surface area contributed by atoms with E-state index < -0.39 is 43.3 Å². The van der Waals surface area contributed by atoms with Crippen molar-refractivity contribution in [3.05, 3.63) is 46.8 Å². The molecule has 1 aromatic carbocycles. The molecule has 0 aliphatic heterocycles. The van der Waals surface area contributed by atoms with Crippen molar-refractivity contribution in [1.29, 1.82) is 0 Å². The number of nitrogens with zero attached hydrogens (tertiary/aromatic N) is 3. The number of rotatable bonds is 11. The van der Waals surface area contributed by atoms with Crippen LogP contribution in [0.25, 0.3) is 0 Å². The second-order valence-electron chi connectivity index (χ2n) is 7.06. The van der Waals surface area contributed by atoms with E-state index in [0.717, 1.165) is 10.7 Å². The van der Waals surface area contributed by atoms with Gasteiger partial charge in [-0.15, -0.1) is 0 Å². The monoisotopic (exact) mass is 498 g/mol. The number of methoxy groups -OCH3 is 1. The molecule has 2 aromatic rings. The smallest absolute Gasteiger partial charge is 0.435 e. The van der Waals surface area contributed by atoms with Crippen molar-refractivity contribution in [3.63, 3.8) is 0 Å². The van der Waals surface area contributed by atoms with Gasteiger partial charge in [-0.1, -0.05) is 0 Å². The molecule has 0 radical (unpaired) electrons. The third-order valence-electron chi connectivity index (χ3n) is 4.40. The van der Waals surface area contributed by atoms with Crippen molar-refractivity contribution in [2.75, 3.05) is 13.7 Å². The predicted octanol–water partition coefficient (Wildman–Crippen LogP) is 4.18. The highest BCUT2D eigenvalue weighted by Crippen LogP contribution is 2.28. The lowest BCUT2D eigenvalue weighted by molar-refractivity contribution is -0.168. The van der Waals surface area contributed by atoms with Crippen LogP contribution in [-0.4, -0.2) is 48.0 Å². The maximum atomic E-state index is 13.0. The standard InChI is InChI=1S/C20H21F7N4O3/c1-12-7-16(20(25,26)27)30-31(12)6-5-17(32)29-28-9-13-3-4-15(33-2)14(8-13)10-34-11-19(23,24)18(21)22/h3-4,7-9,18H,5-6,10-11H2,1-2H3,(H,29,32)/b28-9-. The van der Waals surface area contributed by atoms with Crippen LogP contribution in [0.1, 0.15) is 28.9 Å². The molecule has 0 aliphatic rings. The van der Waals surface area contributed by atoms with Crippen molar-refractivity contribution >= 4 is 12.1 Å². The van der Waals surface area contributed by atoms with Crippen molar-refractivity contribution in [3.8, 4) is 5.75 Å². The first kappa shape index (κ1) is 27.1.